The van der Waals surface area contributed by atoms with E-state index in [1.165, 1.54) is 17.3 Å². The van der Waals surface area contributed by atoms with Crippen molar-refractivity contribution in [3.63, 3.8) is 0 Å². The average molecular weight is 446 g/mol. The van der Waals surface area contributed by atoms with E-state index in [1.807, 2.05) is 0 Å². The zero-order chi connectivity index (χ0) is 22.8. The third kappa shape index (κ3) is 4.75. The van der Waals surface area contributed by atoms with Gasteiger partial charge in [0.25, 0.3) is 0 Å². The Kier molecular flexibility index (Phi) is 6.12. The first-order valence-corrected chi connectivity index (χ1v) is 9.21. The minimum absolute atomic E-state index is 0.0313. The largest absolute Gasteiger partial charge is 0.425 e. The van der Waals surface area contributed by atoms with Gasteiger partial charge in [-0.3, -0.25) is 4.85 Å². The van der Waals surface area contributed by atoms with Gasteiger partial charge in [0.05, 0.1) is 30.0 Å². The Bertz CT molecular complexity index is 1210. The summed E-state index contributed by atoms with van der Waals surface area (Å²) in [6.45, 7) is 6.29. The number of aryl methyl sites for hydroxylation is 1. The second-order valence-corrected chi connectivity index (χ2v) is 6.98. The predicted molar refractivity (Wildman–Crippen MR) is 115 cm³/mol. The number of fused-ring (bicyclic) bond motifs is 1. The Labute approximate surface area is 181 Å². The maximum Gasteiger partial charge on any atom is 0.419 e. The third-order valence-corrected chi connectivity index (χ3v) is 4.74. The number of thiocarbonyl (C=S) groups is 1. The van der Waals surface area contributed by atoms with Crippen molar-refractivity contribution in [2.24, 2.45) is 17.9 Å². The highest BCUT2D eigenvalue weighted by atomic mass is 32.1. The first-order chi connectivity index (χ1) is 14.6. The second kappa shape index (κ2) is 8.61. The van der Waals surface area contributed by atoms with Crippen LogP contribution < -0.4 is 10.5 Å². The number of nitrogens with zero attached hydrogens (tertiary/aromatic N) is 5. The van der Waals surface area contributed by atoms with E-state index in [-0.39, 0.29) is 5.11 Å². The van der Waals surface area contributed by atoms with E-state index in [2.05, 4.69) is 14.9 Å². The molecule has 0 atom stereocenters. The van der Waals surface area contributed by atoms with Crippen LogP contribution in [0, 0.1) is 6.57 Å². The van der Waals surface area contributed by atoms with Crippen molar-refractivity contribution >= 4 is 34.3 Å². The highest BCUT2D eigenvalue weighted by molar-refractivity contribution is 7.80. The molecule has 0 bridgehead atoms. The smallest absolute Gasteiger partial charge is 0.419 e. The van der Waals surface area contributed by atoms with Gasteiger partial charge in [-0.15, -0.1) is 0 Å². The summed E-state index contributed by atoms with van der Waals surface area (Å²) in [5.74, 6) is -0.429. The molecule has 0 saturated carbocycles. The highest BCUT2D eigenvalue weighted by Gasteiger charge is 2.35. The van der Waals surface area contributed by atoms with Crippen LogP contribution in [0.25, 0.3) is 26.9 Å². The molecule has 31 heavy (non-hydrogen) atoms. The SMILES string of the molecule is [C-]#[N+]COc1cc2c(/C=N/N(C)C(N)=S)cc(-c3cncn3C)cc2cc1C(F)(F)F. The minimum Gasteiger partial charge on any atom is -0.425 e. The van der Waals surface area contributed by atoms with E-state index in [1.54, 1.807) is 43.3 Å². The zero-order valence-corrected chi connectivity index (χ0v) is 17.3. The van der Waals surface area contributed by atoms with Crippen molar-refractivity contribution < 1.29 is 17.9 Å². The van der Waals surface area contributed by atoms with Gasteiger partial charge in [0.2, 0.25) is 0 Å². The van der Waals surface area contributed by atoms with Gasteiger partial charge in [0.1, 0.15) is 5.75 Å². The van der Waals surface area contributed by atoms with Crippen LogP contribution in [0.5, 0.6) is 5.75 Å². The lowest BCUT2D eigenvalue weighted by molar-refractivity contribution is -0.138. The van der Waals surface area contributed by atoms with Gasteiger partial charge >= 0.3 is 12.9 Å². The fourth-order valence-electron chi connectivity index (χ4n) is 2.96. The Morgan fingerprint density at radius 3 is 2.71 bits per heavy atom. The molecule has 0 spiro atoms. The number of hydrogen-bond acceptors (Lipinski definition) is 4. The van der Waals surface area contributed by atoms with Gasteiger partial charge in [-0.1, -0.05) is 0 Å². The Morgan fingerprint density at radius 1 is 1.39 bits per heavy atom. The molecule has 3 rings (SSSR count). The number of imidazole rings is 1. The summed E-state index contributed by atoms with van der Waals surface area (Å²) in [6, 6.07) is 5.67. The van der Waals surface area contributed by atoms with Crippen molar-refractivity contribution in [1.29, 1.82) is 0 Å². The van der Waals surface area contributed by atoms with Gasteiger partial charge in [-0.2, -0.15) is 18.3 Å². The standard InChI is InChI=1S/C20H17F3N6OS/c1-25-11-30-18-7-15-12(6-16(18)20(21,22)23)4-13(17-9-26-10-28(17)2)5-14(15)8-27-29(3)19(24)31/h4-10H,11H2,2-3H3,(H2,24,31)/b27-8+. The van der Waals surface area contributed by atoms with Crippen LogP contribution in [0.2, 0.25) is 0 Å². The van der Waals surface area contributed by atoms with Crippen LogP contribution in [-0.4, -0.2) is 39.7 Å². The van der Waals surface area contributed by atoms with Crippen LogP contribution in [0.15, 0.2) is 41.9 Å². The molecular formula is C20H17F3N6OS. The number of hydrazone groups is 1. The van der Waals surface area contributed by atoms with Crippen LogP contribution in [0.3, 0.4) is 0 Å². The molecule has 11 heteroatoms. The monoisotopic (exact) mass is 446 g/mol. The number of benzene rings is 2. The quantitative estimate of drug-likeness (QED) is 0.277. The van der Waals surface area contributed by atoms with E-state index in [0.717, 1.165) is 6.07 Å². The van der Waals surface area contributed by atoms with Gasteiger partial charge < -0.3 is 15.0 Å². The average Bonchev–Trinajstić information content (AvgIpc) is 3.14. The van der Waals surface area contributed by atoms with E-state index in [0.29, 0.717) is 27.6 Å². The maximum absolute atomic E-state index is 13.7. The Hall–Kier alpha value is -3.65. The van der Waals surface area contributed by atoms with Gasteiger partial charge in [0.15, 0.2) is 5.11 Å². The van der Waals surface area contributed by atoms with E-state index in [9.17, 15) is 13.2 Å². The number of halogens is 3. The fourth-order valence-corrected chi connectivity index (χ4v) is 3.01. The molecule has 160 valence electrons. The molecule has 3 aromatic rings. The number of nitrogens with two attached hydrogens (primary N) is 1. The lowest BCUT2D eigenvalue weighted by Gasteiger charge is -2.16. The predicted octanol–water partition coefficient (Wildman–Crippen LogP) is 4.02. The number of hydrogen-bond donors (Lipinski definition) is 1. The minimum atomic E-state index is -4.66. The number of rotatable bonds is 5. The molecule has 0 fully saturated rings. The van der Waals surface area contributed by atoms with Gasteiger partial charge in [-0.25, -0.2) is 16.6 Å². The molecule has 2 N–H and O–H groups in total. The molecule has 0 radical (unpaired) electrons. The van der Waals surface area contributed by atoms with Gasteiger partial charge in [0, 0.05) is 25.2 Å². The molecule has 7 nitrogen and oxygen atoms in total. The van der Waals surface area contributed by atoms with Crippen molar-refractivity contribution in [2.45, 2.75) is 6.18 Å². The molecule has 0 amide bonds. The maximum atomic E-state index is 13.7. The van der Waals surface area contributed by atoms with Crippen molar-refractivity contribution in [3.05, 3.63) is 59.3 Å². The molecule has 0 unspecified atom stereocenters. The van der Waals surface area contributed by atoms with Crippen LogP contribution in [0.4, 0.5) is 13.2 Å². The molecular weight excluding hydrogens is 429 g/mol. The first kappa shape index (κ1) is 22.0. The van der Waals surface area contributed by atoms with Crippen molar-refractivity contribution in [2.75, 3.05) is 13.8 Å². The van der Waals surface area contributed by atoms with Crippen LogP contribution in [-0.2, 0) is 13.2 Å². The normalized spacial score (nSPS) is 11.6. The number of ether oxygens (including phenoxy) is 1. The summed E-state index contributed by atoms with van der Waals surface area (Å²) in [5, 5.41) is 6.23. The lowest BCUT2D eigenvalue weighted by atomic mass is 9.97. The number of aromatic nitrogens is 2. The van der Waals surface area contributed by atoms with Crippen molar-refractivity contribution in [1.82, 2.24) is 14.6 Å². The van der Waals surface area contributed by atoms with E-state index >= 15 is 0 Å². The molecule has 2 aromatic carbocycles. The molecule has 0 saturated heterocycles. The molecule has 0 aliphatic rings. The van der Waals surface area contributed by atoms with Crippen LogP contribution >= 0.6 is 12.2 Å². The summed E-state index contributed by atoms with van der Waals surface area (Å²) in [4.78, 5) is 7.05. The Morgan fingerprint density at radius 2 is 2.13 bits per heavy atom. The topological polar surface area (TPSA) is 73.0 Å². The van der Waals surface area contributed by atoms with Crippen molar-refractivity contribution in [3.8, 4) is 17.0 Å². The molecule has 0 aliphatic carbocycles. The molecule has 1 aromatic heterocycles. The van der Waals surface area contributed by atoms with Gasteiger partial charge in [-0.05, 0) is 47.3 Å². The zero-order valence-electron chi connectivity index (χ0n) is 16.5. The first-order valence-electron chi connectivity index (χ1n) is 8.80. The third-order valence-electron chi connectivity index (χ3n) is 4.48. The summed E-state index contributed by atoms with van der Waals surface area (Å²) >= 11 is 4.87. The summed E-state index contributed by atoms with van der Waals surface area (Å²) < 4.78 is 47.8. The van der Waals surface area contributed by atoms with E-state index < -0.39 is 24.2 Å². The molecule has 1 heterocycles. The second-order valence-electron chi connectivity index (χ2n) is 6.56. The number of alkyl halides is 3. The van der Waals surface area contributed by atoms with E-state index in [4.69, 9.17) is 29.3 Å². The lowest BCUT2D eigenvalue weighted by Crippen LogP contribution is -2.27. The molecule has 0 aliphatic heterocycles. The summed E-state index contributed by atoms with van der Waals surface area (Å²) in [7, 11) is 3.33. The Balaban J connectivity index is 2.30. The summed E-state index contributed by atoms with van der Waals surface area (Å²) in [6.07, 6.45) is -0.000944. The highest BCUT2D eigenvalue weighted by Crippen LogP contribution is 2.40. The van der Waals surface area contributed by atoms with Crippen LogP contribution in [0.1, 0.15) is 11.1 Å². The summed E-state index contributed by atoms with van der Waals surface area (Å²) in [5.41, 5.74) is 6.45. The fraction of sp³-hybridized carbons (Fsp3) is 0.200.